The van der Waals surface area contributed by atoms with Crippen molar-refractivity contribution in [1.29, 1.82) is 0 Å². The van der Waals surface area contributed by atoms with Crippen LogP contribution in [0.1, 0.15) is 17.5 Å². The van der Waals surface area contributed by atoms with E-state index >= 15 is 0 Å². The van der Waals surface area contributed by atoms with Crippen molar-refractivity contribution in [3.05, 3.63) is 65.5 Å². The zero-order chi connectivity index (χ0) is 15.7. The predicted octanol–water partition coefficient (Wildman–Crippen LogP) is 4.23. The molecule has 0 unspecified atom stereocenters. The summed E-state index contributed by atoms with van der Waals surface area (Å²) < 4.78 is 36.1. The molecule has 1 aliphatic heterocycles. The van der Waals surface area contributed by atoms with E-state index in [1.807, 2.05) is 12.1 Å². The van der Waals surface area contributed by atoms with Crippen LogP contribution in [-0.4, -0.2) is 20.4 Å². The van der Waals surface area contributed by atoms with Crippen LogP contribution in [0, 0.1) is 5.82 Å². The van der Waals surface area contributed by atoms with Gasteiger partial charge in [0.25, 0.3) is 0 Å². The van der Waals surface area contributed by atoms with Gasteiger partial charge in [-0.3, -0.25) is 0 Å². The van der Waals surface area contributed by atoms with E-state index in [4.69, 9.17) is 0 Å². The van der Waals surface area contributed by atoms with E-state index in [1.54, 1.807) is 36.0 Å². The van der Waals surface area contributed by atoms with Gasteiger partial charge in [0.05, 0.1) is 4.90 Å². The van der Waals surface area contributed by atoms with E-state index in [9.17, 15) is 12.8 Å². The van der Waals surface area contributed by atoms with Gasteiger partial charge in [-0.25, -0.2) is 12.8 Å². The molecule has 3 rings (SSSR count). The van der Waals surface area contributed by atoms with Gasteiger partial charge in [0.1, 0.15) is 5.82 Å². The number of hydrogen-bond acceptors (Lipinski definition) is 3. The molecule has 0 atom stereocenters. The lowest BCUT2D eigenvalue weighted by atomic mass is 10.0. The molecule has 0 fully saturated rings. The molecule has 0 spiro atoms. The fraction of sp³-hybridized carbons (Fsp3) is 0.176. The molecule has 1 heterocycles. The van der Waals surface area contributed by atoms with Crippen LogP contribution in [0.15, 0.2) is 53.4 Å². The summed E-state index contributed by atoms with van der Waals surface area (Å²) in [5, 5.41) is 0. The fourth-order valence-corrected chi connectivity index (χ4v) is 4.33. The summed E-state index contributed by atoms with van der Waals surface area (Å²) in [4.78, 5) is 1.47. The topological polar surface area (TPSA) is 34.1 Å². The molecule has 0 amide bonds. The quantitative estimate of drug-likeness (QED) is 0.842. The van der Waals surface area contributed by atoms with Crippen molar-refractivity contribution in [1.82, 2.24) is 0 Å². The number of benzene rings is 2. The lowest BCUT2D eigenvalue weighted by Crippen LogP contribution is -1.97. The van der Waals surface area contributed by atoms with E-state index < -0.39 is 9.84 Å². The third-order valence-electron chi connectivity index (χ3n) is 3.61. The first-order valence-corrected chi connectivity index (χ1v) is 9.75. The third-order valence-corrected chi connectivity index (χ3v) is 5.92. The highest BCUT2D eigenvalue weighted by Crippen LogP contribution is 2.43. The lowest BCUT2D eigenvalue weighted by molar-refractivity contribution is 0.602. The number of hydrogen-bond donors (Lipinski definition) is 0. The highest BCUT2D eigenvalue weighted by molar-refractivity contribution is 8.08. The van der Waals surface area contributed by atoms with Crippen LogP contribution in [0.4, 0.5) is 4.39 Å². The normalized spacial score (nSPS) is 15.4. The van der Waals surface area contributed by atoms with Crippen molar-refractivity contribution in [2.45, 2.75) is 11.3 Å². The Morgan fingerprint density at radius 2 is 1.55 bits per heavy atom. The van der Waals surface area contributed by atoms with Crippen molar-refractivity contribution in [2.24, 2.45) is 0 Å². The summed E-state index contributed by atoms with van der Waals surface area (Å²) in [6.45, 7) is 0. The Bertz CT molecular complexity index is 820. The first-order valence-electron chi connectivity index (χ1n) is 6.87. The Labute approximate surface area is 134 Å². The number of halogens is 1. The van der Waals surface area contributed by atoms with Gasteiger partial charge in [-0.05, 0) is 47.4 Å². The second kappa shape index (κ2) is 5.89. The molecule has 0 aromatic heterocycles. The van der Waals surface area contributed by atoms with Crippen LogP contribution < -0.4 is 0 Å². The minimum absolute atomic E-state index is 0.244. The van der Waals surface area contributed by atoms with Gasteiger partial charge in [0, 0.05) is 16.9 Å². The average Bonchev–Trinajstić information content (AvgIpc) is 2.97. The molecule has 0 saturated heterocycles. The van der Waals surface area contributed by atoms with Crippen LogP contribution in [0.5, 0.6) is 0 Å². The molecule has 0 bridgehead atoms. The summed E-state index contributed by atoms with van der Waals surface area (Å²) >= 11 is 1.75. The molecule has 5 heteroatoms. The van der Waals surface area contributed by atoms with E-state index in [2.05, 4.69) is 0 Å². The summed E-state index contributed by atoms with van der Waals surface area (Å²) in [5.74, 6) is 0.738. The third kappa shape index (κ3) is 3.10. The molecule has 22 heavy (non-hydrogen) atoms. The fourth-order valence-electron chi connectivity index (χ4n) is 2.49. The SMILES string of the molecule is CS(=O)(=O)c1ccc(C2=C(c3ccc(F)cc3)SCC2)cc1. The van der Waals surface area contributed by atoms with Gasteiger partial charge >= 0.3 is 0 Å². The second-order valence-corrected chi connectivity index (χ2v) is 8.33. The van der Waals surface area contributed by atoms with Crippen LogP contribution >= 0.6 is 11.8 Å². The van der Waals surface area contributed by atoms with Gasteiger partial charge < -0.3 is 0 Å². The molecular formula is C17H15FO2S2. The molecule has 1 aliphatic rings. The first kappa shape index (κ1) is 15.3. The molecular weight excluding hydrogens is 319 g/mol. The van der Waals surface area contributed by atoms with Gasteiger partial charge in [-0.2, -0.15) is 0 Å². The average molecular weight is 334 g/mol. The maximum atomic E-state index is 13.1. The van der Waals surface area contributed by atoms with Gasteiger partial charge in [-0.1, -0.05) is 24.3 Å². The van der Waals surface area contributed by atoms with Crippen LogP contribution in [0.25, 0.3) is 10.5 Å². The molecule has 114 valence electrons. The van der Waals surface area contributed by atoms with Crippen LogP contribution in [-0.2, 0) is 9.84 Å². The number of thioether (sulfide) groups is 1. The Morgan fingerprint density at radius 1 is 0.955 bits per heavy atom. The predicted molar refractivity (Wildman–Crippen MR) is 89.8 cm³/mol. The van der Waals surface area contributed by atoms with Gasteiger partial charge in [-0.15, -0.1) is 11.8 Å². The van der Waals surface area contributed by atoms with Crippen molar-refractivity contribution in [3.8, 4) is 0 Å². The minimum Gasteiger partial charge on any atom is -0.224 e. The maximum absolute atomic E-state index is 13.1. The standard InChI is InChI=1S/C17H15FO2S2/c1-22(19,20)15-8-4-12(5-9-15)16-10-11-21-17(16)13-2-6-14(18)7-3-13/h2-9H,10-11H2,1H3. The molecule has 0 N–H and O–H groups in total. The van der Waals surface area contributed by atoms with E-state index in [1.165, 1.54) is 24.0 Å². The zero-order valence-corrected chi connectivity index (χ0v) is 13.7. The van der Waals surface area contributed by atoms with Crippen molar-refractivity contribution in [3.63, 3.8) is 0 Å². The van der Waals surface area contributed by atoms with Crippen molar-refractivity contribution < 1.29 is 12.8 Å². The van der Waals surface area contributed by atoms with Crippen LogP contribution in [0.2, 0.25) is 0 Å². The molecule has 0 aliphatic carbocycles. The second-order valence-electron chi connectivity index (χ2n) is 5.21. The molecule has 0 radical (unpaired) electrons. The minimum atomic E-state index is -3.18. The van der Waals surface area contributed by atoms with Crippen LogP contribution in [0.3, 0.4) is 0 Å². The smallest absolute Gasteiger partial charge is 0.175 e. The van der Waals surface area contributed by atoms with E-state index in [-0.39, 0.29) is 5.82 Å². The van der Waals surface area contributed by atoms with E-state index in [0.29, 0.717) is 4.90 Å². The Hall–Kier alpha value is -1.59. The Kier molecular flexibility index (Phi) is 4.10. The number of allylic oxidation sites excluding steroid dienone is 1. The Balaban J connectivity index is 2.01. The van der Waals surface area contributed by atoms with E-state index in [0.717, 1.165) is 28.2 Å². The van der Waals surface area contributed by atoms with Crippen molar-refractivity contribution in [2.75, 3.05) is 12.0 Å². The zero-order valence-electron chi connectivity index (χ0n) is 12.0. The molecule has 2 nitrogen and oxygen atoms in total. The number of rotatable bonds is 3. The molecule has 2 aromatic rings. The summed E-state index contributed by atoms with van der Waals surface area (Å²) in [5.41, 5.74) is 3.22. The summed E-state index contributed by atoms with van der Waals surface area (Å²) in [6, 6.07) is 13.5. The largest absolute Gasteiger partial charge is 0.224 e. The highest BCUT2D eigenvalue weighted by atomic mass is 32.2. The van der Waals surface area contributed by atoms with Gasteiger partial charge in [0.2, 0.25) is 0 Å². The molecule has 0 saturated carbocycles. The Morgan fingerprint density at radius 3 is 2.14 bits per heavy atom. The monoisotopic (exact) mass is 334 g/mol. The summed E-state index contributed by atoms with van der Waals surface area (Å²) in [7, 11) is -3.18. The lowest BCUT2D eigenvalue weighted by Gasteiger charge is -2.08. The maximum Gasteiger partial charge on any atom is 0.175 e. The molecule has 2 aromatic carbocycles. The first-order chi connectivity index (χ1) is 10.4. The van der Waals surface area contributed by atoms with Crippen molar-refractivity contribution >= 4 is 32.1 Å². The van der Waals surface area contributed by atoms with Gasteiger partial charge in [0.15, 0.2) is 9.84 Å². The number of sulfone groups is 1. The summed E-state index contributed by atoms with van der Waals surface area (Å²) in [6.07, 6.45) is 2.13. The highest BCUT2D eigenvalue weighted by Gasteiger charge is 2.19.